The molecular weight excluding hydrogens is 366 g/mol. The van der Waals surface area contributed by atoms with Crippen molar-refractivity contribution in [2.24, 2.45) is 0 Å². The van der Waals surface area contributed by atoms with Crippen molar-refractivity contribution in [3.63, 3.8) is 0 Å². The molecule has 1 nitrogen and oxygen atoms in total. The quantitative estimate of drug-likeness (QED) is 0.629. The highest BCUT2D eigenvalue weighted by Gasteiger charge is 2.24. The molecule has 0 aromatic heterocycles. The lowest BCUT2D eigenvalue weighted by molar-refractivity contribution is 0.353. The van der Waals surface area contributed by atoms with Crippen molar-refractivity contribution in [2.45, 2.75) is 11.8 Å². The Morgan fingerprint density at radius 2 is 2.00 bits per heavy atom. The Labute approximate surface area is 134 Å². The number of hydrogen-bond acceptors (Lipinski definition) is 1. The van der Waals surface area contributed by atoms with E-state index in [1.807, 2.05) is 12.1 Å². The molecule has 1 aliphatic rings. The van der Waals surface area contributed by atoms with E-state index in [1.54, 1.807) is 6.07 Å². The lowest BCUT2D eigenvalue weighted by Crippen LogP contribution is -1.99. The molecule has 2 aromatic rings. The SMILES string of the molecule is Fc1ccc(C(Cl)c2cc(Br)cc3c2OCC3)c(Cl)c1. The van der Waals surface area contributed by atoms with Gasteiger partial charge in [0, 0.05) is 21.5 Å². The van der Waals surface area contributed by atoms with E-state index in [2.05, 4.69) is 15.9 Å². The first kappa shape index (κ1) is 14.2. The highest BCUT2D eigenvalue weighted by molar-refractivity contribution is 9.10. The summed E-state index contributed by atoms with van der Waals surface area (Å²) in [6, 6.07) is 8.18. The predicted molar refractivity (Wildman–Crippen MR) is 82.4 cm³/mol. The van der Waals surface area contributed by atoms with Gasteiger partial charge in [0.15, 0.2) is 0 Å². The van der Waals surface area contributed by atoms with Crippen LogP contribution in [0.25, 0.3) is 0 Å². The number of fused-ring (bicyclic) bond motifs is 1. The van der Waals surface area contributed by atoms with Crippen LogP contribution in [0.15, 0.2) is 34.8 Å². The summed E-state index contributed by atoms with van der Waals surface area (Å²) >= 11 is 16.1. The Morgan fingerprint density at radius 3 is 2.75 bits per heavy atom. The van der Waals surface area contributed by atoms with E-state index in [9.17, 15) is 4.39 Å². The summed E-state index contributed by atoms with van der Waals surface area (Å²) in [5.41, 5.74) is 2.64. The molecule has 0 spiro atoms. The van der Waals surface area contributed by atoms with Crippen LogP contribution < -0.4 is 4.74 Å². The number of benzene rings is 2. The van der Waals surface area contributed by atoms with Gasteiger partial charge in [0.1, 0.15) is 11.6 Å². The maximum Gasteiger partial charge on any atom is 0.127 e. The molecule has 1 heterocycles. The smallest absolute Gasteiger partial charge is 0.127 e. The van der Waals surface area contributed by atoms with Gasteiger partial charge in [-0.05, 0) is 35.4 Å². The third-order valence-electron chi connectivity index (χ3n) is 3.29. The van der Waals surface area contributed by atoms with Gasteiger partial charge < -0.3 is 4.74 Å². The van der Waals surface area contributed by atoms with Crippen molar-refractivity contribution in [1.29, 1.82) is 0 Å². The number of hydrogen-bond donors (Lipinski definition) is 0. The fourth-order valence-corrected chi connectivity index (χ4v) is 3.57. The monoisotopic (exact) mass is 374 g/mol. The lowest BCUT2D eigenvalue weighted by atomic mass is 10.0. The number of alkyl halides is 1. The Hall–Kier alpha value is -0.770. The summed E-state index contributed by atoms with van der Waals surface area (Å²) in [6.45, 7) is 0.652. The fourth-order valence-electron chi connectivity index (χ4n) is 2.36. The average molecular weight is 376 g/mol. The number of ether oxygens (including phenoxy) is 1. The van der Waals surface area contributed by atoms with E-state index in [0.29, 0.717) is 17.2 Å². The van der Waals surface area contributed by atoms with Crippen LogP contribution in [-0.4, -0.2) is 6.61 Å². The van der Waals surface area contributed by atoms with Crippen LogP contribution in [0.4, 0.5) is 4.39 Å². The van der Waals surface area contributed by atoms with Crippen LogP contribution in [0, 0.1) is 5.82 Å². The van der Waals surface area contributed by atoms with Crippen molar-refractivity contribution in [2.75, 3.05) is 6.61 Å². The lowest BCUT2D eigenvalue weighted by Gasteiger charge is -2.16. The van der Waals surface area contributed by atoms with E-state index in [0.717, 1.165) is 27.8 Å². The highest BCUT2D eigenvalue weighted by Crippen LogP contribution is 2.43. The molecule has 0 bridgehead atoms. The molecule has 0 fully saturated rings. The molecule has 0 radical (unpaired) electrons. The summed E-state index contributed by atoms with van der Waals surface area (Å²) in [4.78, 5) is 0. The second-order valence-corrected chi connectivity index (χ2v) is 6.37. The molecule has 0 amide bonds. The van der Waals surface area contributed by atoms with Crippen LogP contribution >= 0.6 is 39.1 Å². The van der Waals surface area contributed by atoms with Crippen molar-refractivity contribution in [3.05, 3.63) is 62.3 Å². The normalized spacial score (nSPS) is 14.8. The molecule has 104 valence electrons. The Bertz CT molecular complexity index is 675. The van der Waals surface area contributed by atoms with Gasteiger partial charge in [0.25, 0.3) is 0 Å². The first-order chi connectivity index (χ1) is 9.56. The van der Waals surface area contributed by atoms with Gasteiger partial charge in [-0.1, -0.05) is 33.6 Å². The van der Waals surface area contributed by atoms with Crippen LogP contribution in [0.2, 0.25) is 5.02 Å². The van der Waals surface area contributed by atoms with Crippen molar-refractivity contribution in [1.82, 2.24) is 0 Å². The molecule has 1 unspecified atom stereocenters. The molecule has 3 rings (SSSR count). The van der Waals surface area contributed by atoms with Crippen molar-refractivity contribution in [3.8, 4) is 5.75 Å². The zero-order valence-electron chi connectivity index (χ0n) is 10.3. The Balaban J connectivity index is 2.09. The van der Waals surface area contributed by atoms with Crippen LogP contribution in [0.3, 0.4) is 0 Å². The molecule has 0 saturated heterocycles. The van der Waals surface area contributed by atoms with Crippen LogP contribution in [0.1, 0.15) is 22.1 Å². The minimum absolute atomic E-state index is 0.316. The Morgan fingerprint density at radius 1 is 1.20 bits per heavy atom. The van der Waals surface area contributed by atoms with Gasteiger partial charge in [-0.15, -0.1) is 11.6 Å². The van der Waals surface area contributed by atoms with Gasteiger partial charge in [-0.3, -0.25) is 0 Å². The summed E-state index contributed by atoms with van der Waals surface area (Å²) < 4.78 is 19.8. The zero-order valence-corrected chi connectivity index (χ0v) is 13.4. The topological polar surface area (TPSA) is 9.23 Å². The zero-order chi connectivity index (χ0) is 14.3. The highest BCUT2D eigenvalue weighted by atomic mass is 79.9. The maximum atomic E-state index is 13.1. The fraction of sp³-hybridized carbons (Fsp3) is 0.200. The largest absolute Gasteiger partial charge is 0.493 e. The van der Waals surface area contributed by atoms with Gasteiger partial charge in [-0.2, -0.15) is 0 Å². The second kappa shape index (κ2) is 5.55. The van der Waals surface area contributed by atoms with Crippen molar-refractivity contribution >= 4 is 39.1 Å². The van der Waals surface area contributed by atoms with Gasteiger partial charge in [-0.25, -0.2) is 4.39 Å². The minimum Gasteiger partial charge on any atom is -0.493 e. The van der Waals surface area contributed by atoms with Crippen LogP contribution in [-0.2, 0) is 6.42 Å². The van der Waals surface area contributed by atoms with E-state index < -0.39 is 5.38 Å². The van der Waals surface area contributed by atoms with E-state index in [4.69, 9.17) is 27.9 Å². The van der Waals surface area contributed by atoms with E-state index >= 15 is 0 Å². The molecule has 20 heavy (non-hydrogen) atoms. The summed E-state index contributed by atoms with van der Waals surface area (Å²) in [5.74, 6) is 0.437. The van der Waals surface area contributed by atoms with Crippen LogP contribution in [0.5, 0.6) is 5.75 Å². The number of halogens is 4. The Kier molecular flexibility index (Phi) is 3.93. The standard InChI is InChI=1S/C15H10BrCl2FO/c16-9-5-8-3-4-20-15(8)12(6-9)14(18)11-2-1-10(19)7-13(11)17/h1-2,5-7,14H,3-4H2. The van der Waals surface area contributed by atoms with Gasteiger partial charge in [0.2, 0.25) is 0 Å². The third-order valence-corrected chi connectivity index (χ3v) is 4.54. The average Bonchev–Trinajstić information content (AvgIpc) is 2.85. The first-order valence-corrected chi connectivity index (χ1v) is 7.71. The molecule has 1 atom stereocenters. The summed E-state index contributed by atoms with van der Waals surface area (Å²) in [7, 11) is 0. The summed E-state index contributed by atoms with van der Waals surface area (Å²) in [6.07, 6.45) is 0.864. The molecule has 0 saturated carbocycles. The maximum absolute atomic E-state index is 13.1. The molecular formula is C15H10BrCl2FO. The molecule has 2 aromatic carbocycles. The minimum atomic E-state index is -0.479. The van der Waals surface area contributed by atoms with Gasteiger partial charge >= 0.3 is 0 Å². The predicted octanol–water partition coefficient (Wildman–Crippen LogP) is 5.50. The van der Waals surface area contributed by atoms with Gasteiger partial charge in [0.05, 0.1) is 12.0 Å². The molecule has 5 heteroatoms. The first-order valence-electron chi connectivity index (χ1n) is 6.10. The third kappa shape index (κ3) is 2.54. The molecule has 0 aliphatic carbocycles. The molecule has 1 aliphatic heterocycles. The van der Waals surface area contributed by atoms with E-state index in [-0.39, 0.29) is 5.82 Å². The number of rotatable bonds is 2. The van der Waals surface area contributed by atoms with E-state index in [1.165, 1.54) is 12.1 Å². The summed E-state index contributed by atoms with van der Waals surface area (Å²) in [5, 5.41) is -0.163. The second-order valence-electron chi connectivity index (χ2n) is 4.61. The van der Waals surface area contributed by atoms with Crippen molar-refractivity contribution < 1.29 is 9.13 Å². The molecule has 0 N–H and O–H groups in total.